The van der Waals surface area contributed by atoms with Gasteiger partial charge in [-0.1, -0.05) is 50.2 Å². The Bertz CT molecular complexity index is 724. The highest BCUT2D eigenvalue weighted by atomic mass is 16.2. The number of carbonyl (C=O) groups excluding carboxylic acids is 2. The first-order chi connectivity index (χ1) is 11.9. The molecule has 0 aliphatic heterocycles. The molecule has 0 aliphatic carbocycles. The quantitative estimate of drug-likeness (QED) is 0.852. The van der Waals surface area contributed by atoms with E-state index >= 15 is 0 Å². The molecule has 2 amide bonds. The molecule has 0 bridgehead atoms. The zero-order valence-corrected chi connectivity index (χ0v) is 15.3. The molecule has 1 N–H and O–H groups in total. The van der Waals surface area contributed by atoms with Crippen molar-refractivity contribution in [3.05, 3.63) is 65.7 Å². The van der Waals surface area contributed by atoms with Crippen LogP contribution in [-0.4, -0.2) is 22.8 Å². The van der Waals surface area contributed by atoms with Crippen molar-refractivity contribution in [2.75, 3.05) is 5.32 Å². The summed E-state index contributed by atoms with van der Waals surface area (Å²) in [6.07, 6.45) is 0. The molecule has 4 nitrogen and oxygen atoms in total. The highest BCUT2D eigenvalue weighted by molar-refractivity contribution is 5.97. The van der Waals surface area contributed by atoms with Gasteiger partial charge in [-0.25, -0.2) is 0 Å². The molecule has 0 radical (unpaired) electrons. The zero-order chi connectivity index (χ0) is 18.4. The number of anilines is 1. The zero-order valence-electron chi connectivity index (χ0n) is 15.3. The van der Waals surface area contributed by atoms with E-state index in [0.717, 1.165) is 5.56 Å². The normalized spacial score (nSPS) is 10.8. The largest absolute Gasteiger partial charge is 0.332 e. The summed E-state index contributed by atoms with van der Waals surface area (Å²) in [6.45, 7) is 8.24. The van der Waals surface area contributed by atoms with Crippen LogP contribution in [0.5, 0.6) is 0 Å². The molecule has 0 heterocycles. The summed E-state index contributed by atoms with van der Waals surface area (Å²) >= 11 is 0. The van der Waals surface area contributed by atoms with Gasteiger partial charge < -0.3 is 10.2 Å². The van der Waals surface area contributed by atoms with Crippen LogP contribution in [0.3, 0.4) is 0 Å². The molecule has 0 aliphatic rings. The van der Waals surface area contributed by atoms with Crippen LogP contribution in [0, 0.1) is 5.92 Å². The fourth-order valence-electron chi connectivity index (χ4n) is 2.45. The second-order valence-corrected chi connectivity index (χ2v) is 6.74. The summed E-state index contributed by atoms with van der Waals surface area (Å²) < 4.78 is 0. The number of carbonyl (C=O) groups is 2. The Labute approximate surface area is 149 Å². The number of nitrogens with zero attached hydrogens (tertiary/aromatic N) is 1. The average molecular weight is 338 g/mol. The second-order valence-electron chi connectivity index (χ2n) is 6.74. The molecule has 0 saturated carbocycles. The van der Waals surface area contributed by atoms with E-state index in [2.05, 4.69) is 5.32 Å². The number of amides is 2. The molecule has 4 heteroatoms. The van der Waals surface area contributed by atoms with Gasteiger partial charge in [0, 0.05) is 29.8 Å². The molecular formula is C21H26N2O2. The molecule has 132 valence electrons. The maximum atomic E-state index is 13.0. The summed E-state index contributed by atoms with van der Waals surface area (Å²) in [5, 5.41) is 2.84. The monoisotopic (exact) mass is 338 g/mol. The van der Waals surface area contributed by atoms with E-state index in [1.807, 2.05) is 62.9 Å². The van der Waals surface area contributed by atoms with Gasteiger partial charge in [0.15, 0.2) is 0 Å². The lowest BCUT2D eigenvalue weighted by Gasteiger charge is -2.27. The second kappa shape index (κ2) is 8.47. The lowest BCUT2D eigenvalue weighted by molar-refractivity contribution is -0.118. The van der Waals surface area contributed by atoms with E-state index < -0.39 is 0 Å². The van der Waals surface area contributed by atoms with Gasteiger partial charge in [0.1, 0.15) is 0 Å². The highest BCUT2D eigenvalue weighted by Gasteiger charge is 2.19. The summed E-state index contributed by atoms with van der Waals surface area (Å²) in [4.78, 5) is 26.7. The molecule has 2 aromatic rings. The molecule has 0 saturated heterocycles. The number of rotatable bonds is 6. The van der Waals surface area contributed by atoms with Crippen molar-refractivity contribution in [1.29, 1.82) is 0 Å². The Hall–Kier alpha value is -2.62. The molecular weight excluding hydrogens is 312 g/mol. The Morgan fingerprint density at radius 2 is 1.64 bits per heavy atom. The van der Waals surface area contributed by atoms with Crippen molar-refractivity contribution in [2.45, 2.75) is 40.3 Å². The third kappa shape index (κ3) is 5.18. The van der Waals surface area contributed by atoms with Gasteiger partial charge in [-0.15, -0.1) is 0 Å². The predicted molar refractivity (Wildman–Crippen MR) is 101 cm³/mol. The number of benzene rings is 2. The fourth-order valence-corrected chi connectivity index (χ4v) is 2.45. The Morgan fingerprint density at radius 1 is 0.960 bits per heavy atom. The van der Waals surface area contributed by atoms with Crippen LogP contribution in [0.15, 0.2) is 54.6 Å². The Balaban J connectivity index is 2.20. The van der Waals surface area contributed by atoms with Crippen molar-refractivity contribution in [1.82, 2.24) is 4.90 Å². The summed E-state index contributed by atoms with van der Waals surface area (Å²) in [5.41, 5.74) is 2.31. The molecule has 0 fully saturated rings. The first kappa shape index (κ1) is 18.7. The van der Waals surface area contributed by atoms with Crippen molar-refractivity contribution in [3.8, 4) is 0 Å². The lowest BCUT2D eigenvalue weighted by atomic mass is 10.1. The van der Waals surface area contributed by atoms with E-state index in [9.17, 15) is 9.59 Å². The number of hydrogen-bond acceptors (Lipinski definition) is 2. The molecule has 0 aromatic heterocycles. The minimum Gasteiger partial charge on any atom is -0.332 e. The van der Waals surface area contributed by atoms with Gasteiger partial charge in [0.2, 0.25) is 5.91 Å². The number of nitrogens with one attached hydrogen (secondary N) is 1. The van der Waals surface area contributed by atoms with Crippen LogP contribution >= 0.6 is 0 Å². The van der Waals surface area contributed by atoms with Crippen LogP contribution < -0.4 is 5.32 Å². The number of hydrogen-bond donors (Lipinski definition) is 1. The first-order valence-electron chi connectivity index (χ1n) is 8.64. The van der Waals surface area contributed by atoms with Crippen molar-refractivity contribution < 1.29 is 9.59 Å². The van der Waals surface area contributed by atoms with Crippen LogP contribution in [0.1, 0.15) is 43.6 Å². The Morgan fingerprint density at radius 3 is 2.24 bits per heavy atom. The highest BCUT2D eigenvalue weighted by Crippen LogP contribution is 2.17. The van der Waals surface area contributed by atoms with E-state index in [1.54, 1.807) is 24.3 Å². The first-order valence-corrected chi connectivity index (χ1v) is 8.64. The molecule has 25 heavy (non-hydrogen) atoms. The molecule has 2 rings (SSSR count). The SMILES string of the molecule is CC(C)C(=O)Nc1cccc(C(=O)N(Cc2ccccc2)C(C)C)c1. The Kier molecular flexibility index (Phi) is 6.34. The topological polar surface area (TPSA) is 49.4 Å². The molecule has 0 spiro atoms. The van der Waals surface area contributed by atoms with Crippen LogP contribution in [-0.2, 0) is 11.3 Å². The third-order valence-electron chi connectivity index (χ3n) is 3.98. The molecule has 0 atom stereocenters. The van der Waals surface area contributed by atoms with Crippen molar-refractivity contribution in [3.63, 3.8) is 0 Å². The van der Waals surface area contributed by atoms with Crippen molar-refractivity contribution >= 4 is 17.5 Å². The summed E-state index contributed by atoms with van der Waals surface area (Å²) in [5.74, 6) is -0.210. The van der Waals surface area contributed by atoms with Crippen LogP contribution in [0.4, 0.5) is 5.69 Å². The van der Waals surface area contributed by atoms with Crippen molar-refractivity contribution in [2.24, 2.45) is 5.92 Å². The minimum atomic E-state index is -0.107. The smallest absolute Gasteiger partial charge is 0.254 e. The van der Waals surface area contributed by atoms with E-state index in [4.69, 9.17) is 0 Å². The molecule has 0 unspecified atom stereocenters. The lowest BCUT2D eigenvalue weighted by Crippen LogP contribution is -2.36. The molecule has 2 aromatic carbocycles. The summed E-state index contributed by atoms with van der Waals surface area (Å²) in [6, 6.07) is 17.1. The fraction of sp³-hybridized carbons (Fsp3) is 0.333. The van der Waals surface area contributed by atoms with Crippen LogP contribution in [0.25, 0.3) is 0 Å². The van der Waals surface area contributed by atoms with Gasteiger partial charge in [0.05, 0.1) is 0 Å². The van der Waals surface area contributed by atoms with Gasteiger partial charge in [-0.2, -0.15) is 0 Å². The van der Waals surface area contributed by atoms with Gasteiger partial charge >= 0.3 is 0 Å². The minimum absolute atomic E-state index is 0.0421. The van der Waals surface area contributed by atoms with E-state index in [0.29, 0.717) is 17.8 Å². The van der Waals surface area contributed by atoms with E-state index in [1.165, 1.54) is 0 Å². The maximum absolute atomic E-state index is 13.0. The van der Waals surface area contributed by atoms with Gasteiger partial charge in [-0.3, -0.25) is 9.59 Å². The average Bonchev–Trinajstić information content (AvgIpc) is 2.60. The summed E-state index contributed by atoms with van der Waals surface area (Å²) in [7, 11) is 0. The standard InChI is InChI=1S/C21H26N2O2/c1-15(2)20(24)22-19-12-8-11-18(13-19)21(25)23(16(3)4)14-17-9-6-5-7-10-17/h5-13,15-16H,14H2,1-4H3,(H,22,24). The maximum Gasteiger partial charge on any atom is 0.254 e. The van der Waals surface area contributed by atoms with E-state index in [-0.39, 0.29) is 23.8 Å². The third-order valence-corrected chi connectivity index (χ3v) is 3.98. The van der Waals surface area contributed by atoms with Gasteiger partial charge in [-0.05, 0) is 37.6 Å². The predicted octanol–water partition coefficient (Wildman–Crippen LogP) is 4.33. The van der Waals surface area contributed by atoms with Crippen LogP contribution in [0.2, 0.25) is 0 Å². The van der Waals surface area contributed by atoms with Gasteiger partial charge in [0.25, 0.3) is 5.91 Å².